The van der Waals surface area contributed by atoms with E-state index in [1.807, 2.05) is 24.3 Å². The molecule has 2 atom stereocenters. The summed E-state index contributed by atoms with van der Waals surface area (Å²) >= 11 is 7.65. The van der Waals surface area contributed by atoms with E-state index in [0.717, 1.165) is 29.2 Å². The number of rotatable bonds is 6. The molecule has 1 aliphatic rings. The van der Waals surface area contributed by atoms with Crippen LogP contribution in [0.4, 0.5) is 0 Å². The number of aliphatic hydroxyl groups excluding tert-OH is 1. The summed E-state index contributed by atoms with van der Waals surface area (Å²) in [5.74, 6) is 0.988. The molecule has 2 rings (SSSR count). The van der Waals surface area contributed by atoms with Crippen molar-refractivity contribution in [1.82, 2.24) is 5.32 Å². The van der Waals surface area contributed by atoms with E-state index in [0.29, 0.717) is 18.7 Å². The Labute approximate surface area is 129 Å². The average Bonchev–Trinajstić information content (AvgIpc) is 2.84. The number of carbonyl (C=O) groups excluding carboxylic acids is 1. The van der Waals surface area contributed by atoms with Crippen molar-refractivity contribution >= 4 is 29.3 Å². The molecule has 0 aliphatic heterocycles. The molecule has 0 radical (unpaired) electrons. The number of thioether (sulfide) groups is 1. The maximum atomic E-state index is 11.7. The third-order valence-corrected chi connectivity index (χ3v) is 5.12. The predicted molar refractivity (Wildman–Crippen MR) is 83.2 cm³/mol. The number of hydrogen-bond donors (Lipinski definition) is 2. The van der Waals surface area contributed by atoms with Crippen molar-refractivity contribution in [2.24, 2.45) is 5.92 Å². The third kappa shape index (κ3) is 4.69. The van der Waals surface area contributed by atoms with E-state index in [-0.39, 0.29) is 17.9 Å². The summed E-state index contributed by atoms with van der Waals surface area (Å²) in [6, 6.07) is 7.65. The van der Waals surface area contributed by atoms with Crippen LogP contribution >= 0.6 is 23.4 Å². The molecule has 5 heteroatoms. The lowest BCUT2D eigenvalue weighted by Crippen LogP contribution is -2.32. The molecule has 0 spiro atoms. The van der Waals surface area contributed by atoms with Crippen LogP contribution in [0.15, 0.2) is 29.2 Å². The number of aliphatic hydroxyl groups is 1. The van der Waals surface area contributed by atoms with Crippen LogP contribution in [0.3, 0.4) is 0 Å². The van der Waals surface area contributed by atoms with Gasteiger partial charge in [-0.1, -0.05) is 30.2 Å². The number of carbonyl (C=O) groups is 1. The molecule has 1 aliphatic carbocycles. The maximum absolute atomic E-state index is 11.7. The Bertz CT molecular complexity index is 455. The maximum Gasteiger partial charge on any atom is 0.220 e. The molecular weight excluding hydrogens is 294 g/mol. The third-order valence-electron chi connectivity index (χ3n) is 3.60. The molecule has 1 amide bonds. The van der Waals surface area contributed by atoms with Gasteiger partial charge in [-0.3, -0.25) is 4.79 Å². The van der Waals surface area contributed by atoms with Crippen LogP contribution in [0, 0.1) is 5.92 Å². The van der Waals surface area contributed by atoms with Gasteiger partial charge in [0.2, 0.25) is 5.91 Å². The fourth-order valence-corrected chi connectivity index (χ4v) is 3.59. The number of nitrogens with one attached hydrogen (secondary N) is 1. The molecule has 1 aromatic carbocycles. The molecular formula is C15H20ClNO2S. The highest BCUT2D eigenvalue weighted by Gasteiger charge is 2.25. The van der Waals surface area contributed by atoms with Crippen LogP contribution in [0.1, 0.15) is 25.7 Å². The van der Waals surface area contributed by atoms with Crippen LogP contribution in [0.25, 0.3) is 0 Å². The Kier molecular flexibility index (Phi) is 6.20. The second kappa shape index (κ2) is 7.91. The van der Waals surface area contributed by atoms with Crippen LogP contribution in [0.2, 0.25) is 5.02 Å². The van der Waals surface area contributed by atoms with E-state index in [9.17, 15) is 9.90 Å². The van der Waals surface area contributed by atoms with E-state index in [1.165, 1.54) is 0 Å². The van der Waals surface area contributed by atoms with Gasteiger partial charge in [0.15, 0.2) is 0 Å². The number of benzene rings is 1. The van der Waals surface area contributed by atoms with Crippen molar-refractivity contribution in [2.75, 3.05) is 12.3 Å². The second-order valence-corrected chi connectivity index (χ2v) is 6.64. The minimum absolute atomic E-state index is 0.0450. The van der Waals surface area contributed by atoms with Gasteiger partial charge >= 0.3 is 0 Å². The number of halogens is 1. The van der Waals surface area contributed by atoms with Gasteiger partial charge in [-0.2, -0.15) is 0 Å². The zero-order chi connectivity index (χ0) is 14.4. The van der Waals surface area contributed by atoms with Gasteiger partial charge in [0, 0.05) is 29.5 Å². The fraction of sp³-hybridized carbons (Fsp3) is 0.533. The van der Waals surface area contributed by atoms with Gasteiger partial charge < -0.3 is 10.4 Å². The number of amides is 1. The molecule has 3 nitrogen and oxygen atoms in total. The topological polar surface area (TPSA) is 49.3 Å². The average molecular weight is 314 g/mol. The molecule has 2 unspecified atom stereocenters. The lowest BCUT2D eigenvalue weighted by Gasteiger charge is -2.15. The monoisotopic (exact) mass is 313 g/mol. The molecule has 0 bridgehead atoms. The summed E-state index contributed by atoms with van der Waals surface area (Å²) in [5.41, 5.74) is 0. The Morgan fingerprint density at radius 1 is 1.40 bits per heavy atom. The van der Waals surface area contributed by atoms with E-state index in [4.69, 9.17) is 11.6 Å². The molecule has 0 heterocycles. The molecule has 2 N–H and O–H groups in total. The van der Waals surface area contributed by atoms with Crippen molar-refractivity contribution in [3.05, 3.63) is 29.3 Å². The minimum Gasteiger partial charge on any atom is -0.393 e. The van der Waals surface area contributed by atoms with Crippen molar-refractivity contribution < 1.29 is 9.90 Å². The first-order valence-corrected chi connectivity index (χ1v) is 8.35. The summed E-state index contributed by atoms with van der Waals surface area (Å²) in [6.07, 6.45) is 3.16. The Hall–Kier alpha value is -0.710. The van der Waals surface area contributed by atoms with Gasteiger partial charge in [-0.05, 0) is 25.0 Å². The van der Waals surface area contributed by atoms with E-state index >= 15 is 0 Å². The molecule has 20 heavy (non-hydrogen) atoms. The van der Waals surface area contributed by atoms with E-state index in [1.54, 1.807) is 11.8 Å². The smallest absolute Gasteiger partial charge is 0.220 e. The summed E-state index contributed by atoms with van der Waals surface area (Å²) in [7, 11) is 0. The largest absolute Gasteiger partial charge is 0.393 e. The SMILES string of the molecule is O=C(CCSc1ccccc1Cl)NCC1CCCC1O. The van der Waals surface area contributed by atoms with Crippen LogP contribution in [0.5, 0.6) is 0 Å². The lowest BCUT2D eigenvalue weighted by molar-refractivity contribution is -0.120. The Balaban J connectivity index is 1.64. The minimum atomic E-state index is -0.243. The number of hydrogen-bond acceptors (Lipinski definition) is 3. The van der Waals surface area contributed by atoms with Crippen LogP contribution in [-0.2, 0) is 4.79 Å². The van der Waals surface area contributed by atoms with Crippen molar-refractivity contribution in [3.63, 3.8) is 0 Å². The van der Waals surface area contributed by atoms with Crippen LogP contribution < -0.4 is 5.32 Å². The van der Waals surface area contributed by atoms with Gasteiger partial charge in [-0.15, -0.1) is 11.8 Å². The highest BCUT2D eigenvalue weighted by molar-refractivity contribution is 7.99. The lowest BCUT2D eigenvalue weighted by atomic mass is 10.1. The van der Waals surface area contributed by atoms with Gasteiger partial charge in [-0.25, -0.2) is 0 Å². The van der Waals surface area contributed by atoms with Crippen molar-refractivity contribution in [2.45, 2.75) is 36.7 Å². The first-order valence-electron chi connectivity index (χ1n) is 6.99. The molecule has 1 saturated carbocycles. The van der Waals surface area contributed by atoms with Gasteiger partial charge in [0.25, 0.3) is 0 Å². The standard InChI is InChI=1S/C15H20ClNO2S/c16-12-5-1-2-7-14(12)20-9-8-15(19)17-10-11-4-3-6-13(11)18/h1-2,5,7,11,13,18H,3-4,6,8-10H2,(H,17,19). The second-order valence-electron chi connectivity index (χ2n) is 5.09. The molecule has 110 valence electrons. The summed E-state index contributed by atoms with van der Waals surface area (Å²) in [5, 5.41) is 13.3. The highest BCUT2D eigenvalue weighted by Crippen LogP contribution is 2.27. The van der Waals surface area contributed by atoms with E-state index < -0.39 is 0 Å². The fourth-order valence-electron chi connectivity index (χ4n) is 2.40. The van der Waals surface area contributed by atoms with Crippen LogP contribution in [-0.4, -0.2) is 29.4 Å². The van der Waals surface area contributed by atoms with Gasteiger partial charge in [0.1, 0.15) is 0 Å². The summed E-state index contributed by atoms with van der Waals surface area (Å²) < 4.78 is 0. The predicted octanol–water partition coefficient (Wildman–Crippen LogP) is 3.10. The molecule has 0 saturated heterocycles. The summed E-state index contributed by atoms with van der Waals surface area (Å²) in [6.45, 7) is 0.594. The zero-order valence-corrected chi connectivity index (χ0v) is 12.9. The Morgan fingerprint density at radius 3 is 2.90 bits per heavy atom. The molecule has 1 fully saturated rings. The quantitative estimate of drug-likeness (QED) is 0.793. The zero-order valence-electron chi connectivity index (χ0n) is 11.3. The first kappa shape index (κ1) is 15.7. The Morgan fingerprint density at radius 2 is 2.20 bits per heavy atom. The summed E-state index contributed by atoms with van der Waals surface area (Å²) in [4.78, 5) is 12.8. The van der Waals surface area contributed by atoms with Gasteiger partial charge in [0.05, 0.1) is 11.1 Å². The highest BCUT2D eigenvalue weighted by atomic mass is 35.5. The van der Waals surface area contributed by atoms with Crippen molar-refractivity contribution in [1.29, 1.82) is 0 Å². The van der Waals surface area contributed by atoms with Crippen molar-refractivity contribution in [3.8, 4) is 0 Å². The van der Waals surface area contributed by atoms with E-state index in [2.05, 4.69) is 5.32 Å². The molecule has 1 aromatic rings. The first-order chi connectivity index (χ1) is 9.66. The molecule has 0 aromatic heterocycles. The normalized spacial score (nSPS) is 21.9.